The second-order valence-corrected chi connectivity index (χ2v) is 4.96. The van der Waals surface area contributed by atoms with Crippen molar-refractivity contribution in [1.82, 2.24) is 0 Å². The third-order valence-electron chi connectivity index (χ3n) is 3.44. The number of para-hydroxylation sites is 1. The number of carbonyl (C=O) groups excluding carboxylic acids is 1. The van der Waals surface area contributed by atoms with Gasteiger partial charge >= 0.3 is 0 Å². The highest BCUT2D eigenvalue weighted by molar-refractivity contribution is 6.23. The van der Waals surface area contributed by atoms with Crippen LogP contribution in [0.4, 0.5) is 5.69 Å². The number of benzene rings is 2. The maximum atomic E-state index is 12.5. The SMILES string of the molecule is CC1=NN(c2ccccc2)C(=O)[C@]1(O)C#Cc1ccccc1. The van der Waals surface area contributed by atoms with Crippen molar-refractivity contribution in [3.8, 4) is 11.8 Å². The van der Waals surface area contributed by atoms with E-state index in [1.807, 2.05) is 36.4 Å². The van der Waals surface area contributed by atoms with E-state index >= 15 is 0 Å². The predicted octanol–water partition coefficient (Wildman–Crippen LogP) is 2.19. The van der Waals surface area contributed by atoms with E-state index in [1.165, 1.54) is 5.01 Å². The van der Waals surface area contributed by atoms with Gasteiger partial charge in [0.25, 0.3) is 5.91 Å². The summed E-state index contributed by atoms with van der Waals surface area (Å²) in [6.45, 7) is 1.60. The highest BCUT2D eigenvalue weighted by atomic mass is 16.3. The molecule has 1 aliphatic rings. The molecule has 3 rings (SSSR count). The number of anilines is 1. The Morgan fingerprint density at radius 3 is 2.27 bits per heavy atom. The summed E-state index contributed by atoms with van der Waals surface area (Å²) < 4.78 is 0. The molecule has 1 heterocycles. The molecule has 1 amide bonds. The summed E-state index contributed by atoms with van der Waals surface area (Å²) in [4.78, 5) is 12.5. The van der Waals surface area contributed by atoms with E-state index in [1.54, 1.807) is 31.2 Å². The van der Waals surface area contributed by atoms with Crippen LogP contribution in [0.5, 0.6) is 0 Å². The fourth-order valence-corrected chi connectivity index (χ4v) is 2.15. The zero-order chi connectivity index (χ0) is 15.6. The molecule has 2 aromatic carbocycles. The van der Waals surface area contributed by atoms with E-state index in [4.69, 9.17) is 0 Å². The highest BCUT2D eigenvalue weighted by Crippen LogP contribution is 2.26. The van der Waals surface area contributed by atoms with Crippen LogP contribution < -0.4 is 5.01 Å². The maximum Gasteiger partial charge on any atom is 0.298 e. The Bertz CT molecular complexity index is 788. The molecular weight excluding hydrogens is 276 g/mol. The van der Waals surface area contributed by atoms with Crippen LogP contribution in [0.1, 0.15) is 12.5 Å². The van der Waals surface area contributed by atoms with Crippen LogP contribution in [-0.4, -0.2) is 22.3 Å². The summed E-state index contributed by atoms with van der Waals surface area (Å²) in [5, 5.41) is 16.0. The number of hydrazone groups is 1. The lowest BCUT2D eigenvalue weighted by Crippen LogP contribution is -2.44. The lowest BCUT2D eigenvalue weighted by molar-refractivity contribution is -0.126. The third-order valence-corrected chi connectivity index (χ3v) is 3.44. The Labute approximate surface area is 128 Å². The van der Waals surface area contributed by atoms with Gasteiger partial charge in [-0.05, 0) is 37.1 Å². The molecule has 1 aliphatic heterocycles. The number of amides is 1. The van der Waals surface area contributed by atoms with E-state index in [0.717, 1.165) is 5.56 Å². The zero-order valence-electron chi connectivity index (χ0n) is 12.0. The van der Waals surface area contributed by atoms with Gasteiger partial charge in [0.15, 0.2) is 0 Å². The van der Waals surface area contributed by atoms with Crippen LogP contribution in [-0.2, 0) is 4.79 Å². The molecule has 1 N–H and O–H groups in total. The molecule has 0 saturated carbocycles. The normalized spacial score (nSPS) is 20.4. The molecule has 2 aromatic rings. The molecule has 0 aromatic heterocycles. The minimum atomic E-state index is -1.88. The van der Waals surface area contributed by atoms with Gasteiger partial charge < -0.3 is 5.11 Å². The van der Waals surface area contributed by atoms with Crippen LogP contribution in [0.15, 0.2) is 65.8 Å². The molecule has 4 nitrogen and oxygen atoms in total. The Kier molecular flexibility index (Phi) is 3.50. The Morgan fingerprint density at radius 1 is 1.05 bits per heavy atom. The first-order chi connectivity index (χ1) is 10.6. The predicted molar refractivity (Wildman–Crippen MR) is 85.3 cm³/mol. The summed E-state index contributed by atoms with van der Waals surface area (Å²) >= 11 is 0. The first-order valence-corrected chi connectivity index (χ1v) is 6.87. The summed E-state index contributed by atoms with van der Waals surface area (Å²) in [5.74, 6) is 4.93. The minimum absolute atomic E-state index is 0.268. The number of carbonyl (C=O) groups is 1. The molecule has 1 atom stereocenters. The lowest BCUT2D eigenvalue weighted by atomic mass is 9.98. The average molecular weight is 290 g/mol. The molecular formula is C18H14N2O2. The number of nitrogens with zero attached hydrogens (tertiary/aromatic N) is 2. The van der Waals surface area contributed by atoms with E-state index in [0.29, 0.717) is 5.69 Å². The van der Waals surface area contributed by atoms with Gasteiger partial charge in [-0.15, -0.1) is 0 Å². The van der Waals surface area contributed by atoms with Gasteiger partial charge in [0.05, 0.1) is 11.4 Å². The van der Waals surface area contributed by atoms with Crippen LogP contribution >= 0.6 is 0 Å². The summed E-state index contributed by atoms with van der Waals surface area (Å²) in [5.41, 5.74) is -0.283. The van der Waals surface area contributed by atoms with Crippen LogP contribution in [0.2, 0.25) is 0 Å². The standard InChI is InChI=1S/C18H14N2O2/c1-14-18(22,13-12-15-8-4-2-5-9-15)17(21)20(19-14)16-10-6-3-7-11-16/h2-11,22H,1H3/t18-/m0/s1. The quantitative estimate of drug-likeness (QED) is 0.819. The average Bonchev–Trinajstić information content (AvgIpc) is 2.79. The molecule has 0 saturated heterocycles. The van der Waals surface area contributed by atoms with Crippen molar-refractivity contribution < 1.29 is 9.90 Å². The fourth-order valence-electron chi connectivity index (χ4n) is 2.15. The van der Waals surface area contributed by atoms with Crippen molar-refractivity contribution in [2.75, 3.05) is 5.01 Å². The largest absolute Gasteiger partial charge is 0.365 e. The fraction of sp³-hybridized carbons (Fsp3) is 0.111. The molecule has 108 valence electrons. The maximum absolute atomic E-state index is 12.5. The van der Waals surface area contributed by atoms with Crippen molar-refractivity contribution in [2.24, 2.45) is 5.10 Å². The minimum Gasteiger partial charge on any atom is -0.365 e. The first-order valence-electron chi connectivity index (χ1n) is 6.87. The molecule has 0 radical (unpaired) electrons. The smallest absolute Gasteiger partial charge is 0.298 e. The zero-order valence-corrected chi connectivity index (χ0v) is 12.0. The van der Waals surface area contributed by atoms with E-state index < -0.39 is 11.5 Å². The molecule has 4 heteroatoms. The van der Waals surface area contributed by atoms with Gasteiger partial charge in [-0.1, -0.05) is 42.3 Å². The Morgan fingerprint density at radius 2 is 1.64 bits per heavy atom. The van der Waals surface area contributed by atoms with Gasteiger partial charge in [-0.3, -0.25) is 4.79 Å². The van der Waals surface area contributed by atoms with Crippen LogP contribution in [0.3, 0.4) is 0 Å². The summed E-state index contributed by atoms with van der Waals surface area (Å²) in [6, 6.07) is 18.2. The molecule has 0 fully saturated rings. The Hall–Kier alpha value is -2.90. The van der Waals surface area contributed by atoms with Crippen molar-refractivity contribution in [3.63, 3.8) is 0 Å². The molecule has 0 aliphatic carbocycles. The summed E-state index contributed by atoms with van der Waals surface area (Å²) in [7, 11) is 0. The number of hydrogen-bond acceptors (Lipinski definition) is 3. The molecule has 0 spiro atoms. The lowest BCUT2D eigenvalue weighted by Gasteiger charge is -2.16. The van der Waals surface area contributed by atoms with Crippen LogP contribution in [0.25, 0.3) is 0 Å². The van der Waals surface area contributed by atoms with Gasteiger partial charge in [-0.2, -0.15) is 10.1 Å². The number of aliphatic hydroxyl groups is 1. The van der Waals surface area contributed by atoms with E-state index in [9.17, 15) is 9.90 Å². The summed E-state index contributed by atoms with van der Waals surface area (Å²) in [6.07, 6.45) is 0. The van der Waals surface area contributed by atoms with Crippen molar-refractivity contribution in [2.45, 2.75) is 12.5 Å². The second kappa shape index (κ2) is 5.47. The number of rotatable bonds is 1. The van der Waals surface area contributed by atoms with Crippen molar-refractivity contribution >= 4 is 17.3 Å². The highest BCUT2D eigenvalue weighted by Gasteiger charge is 2.47. The van der Waals surface area contributed by atoms with E-state index in [2.05, 4.69) is 16.9 Å². The van der Waals surface area contributed by atoms with Crippen LogP contribution in [0, 0.1) is 11.8 Å². The van der Waals surface area contributed by atoms with Gasteiger partial charge in [0.1, 0.15) is 0 Å². The second-order valence-electron chi connectivity index (χ2n) is 4.96. The third kappa shape index (κ3) is 2.39. The van der Waals surface area contributed by atoms with E-state index in [-0.39, 0.29) is 5.71 Å². The molecule has 0 bridgehead atoms. The van der Waals surface area contributed by atoms with Gasteiger partial charge in [0, 0.05) is 5.56 Å². The molecule has 0 unspecified atom stereocenters. The number of hydrogen-bond donors (Lipinski definition) is 1. The Balaban J connectivity index is 1.94. The van der Waals surface area contributed by atoms with Crippen molar-refractivity contribution in [1.29, 1.82) is 0 Å². The first kappa shape index (κ1) is 14.1. The topological polar surface area (TPSA) is 52.9 Å². The van der Waals surface area contributed by atoms with Gasteiger partial charge in [0.2, 0.25) is 5.60 Å². The molecule has 22 heavy (non-hydrogen) atoms. The van der Waals surface area contributed by atoms with Crippen molar-refractivity contribution in [3.05, 3.63) is 66.2 Å². The monoisotopic (exact) mass is 290 g/mol. The van der Waals surface area contributed by atoms with Gasteiger partial charge in [-0.25, -0.2) is 0 Å².